The third-order valence-electron chi connectivity index (χ3n) is 3.36. The van der Waals surface area contributed by atoms with E-state index in [4.69, 9.17) is 18.9 Å². The summed E-state index contributed by atoms with van der Waals surface area (Å²) in [6, 6.07) is 6.90. The smallest absolute Gasteiger partial charge is 0.305 e. The highest BCUT2D eigenvalue weighted by molar-refractivity contribution is 5.74. The lowest BCUT2D eigenvalue weighted by Gasteiger charge is -2.08. The van der Waals surface area contributed by atoms with Crippen LogP contribution in [0.5, 0.6) is 5.75 Å². The van der Waals surface area contributed by atoms with Crippen LogP contribution in [0.1, 0.15) is 43.0 Å². The van der Waals surface area contributed by atoms with E-state index in [0.717, 1.165) is 25.5 Å². The molecule has 0 aromatic heterocycles. The van der Waals surface area contributed by atoms with Crippen molar-refractivity contribution >= 4 is 12.3 Å². The summed E-state index contributed by atoms with van der Waals surface area (Å²) in [6.45, 7) is 4.53. The van der Waals surface area contributed by atoms with E-state index in [1.165, 1.54) is 0 Å². The summed E-state index contributed by atoms with van der Waals surface area (Å²) in [5, 5.41) is 0. The molecule has 6 nitrogen and oxygen atoms in total. The van der Waals surface area contributed by atoms with E-state index in [2.05, 4.69) is 6.92 Å². The molecule has 6 heteroatoms. The molecule has 0 saturated carbocycles. The van der Waals surface area contributed by atoms with Crippen molar-refractivity contribution in [2.45, 2.75) is 32.6 Å². The summed E-state index contributed by atoms with van der Waals surface area (Å²) in [5.74, 6) is 0.540. The molecular weight excluding hydrogens is 324 g/mol. The summed E-state index contributed by atoms with van der Waals surface area (Å²) in [7, 11) is 0. The molecule has 0 radical (unpaired) electrons. The molecule has 0 saturated heterocycles. The number of carbonyl (C=O) groups excluding carboxylic acids is 2. The van der Waals surface area contributed by atoms with Crippen molar-refractivity contribution in [3.05, 3.63) is 29.8 Å². The largest absolute Gasteiger partial charge is 0.491 e. The summed E-state index contributed by atoms with van der Waals surface area (Å²) >= 11 is 0. The molecule has 1 rings (SSSR count). The molecule has 0 unspecified atom stereocenters. The van der Waals surface area contributed by atoms with Gasteiger partial charge < -0.3 is 18.9 Å². The third kappa shape index (κ3) is 11.3. The van der Waals surface area contributed by atoms with Crippen molar-refractivity contribution in [2.24, 2.45) is 0 Å². The van der Waals surface area contributed by atoms with E-state index in [1.54, 1.807) is 24.3 Å². The highest BCUT2D eigenvalue weighted by Crippen LogP contribution is 2.10. The number of hydrogen-bond acceptors (Lipinski definition) is 6. The fraction of sp³-hybridized carbons (Fsp3) is 0.579. The fourth-order valence-electron chi connectivity index (χ4n) is 1.99. The Bertz CT molecular complexity index is 471. The Morgan fingerprint density at radius 1 is 0.920 bits per heavy atom. The van der Waals surface area contributed by atoms with Crippen LogP contribution in [-0.2, 0) is 19.0 Å². The van der Waals surface area contributed by atoms with E-state index in [0.29, 0.717) is 50.8 Å². The molecule has 25 heavy (non-hydrogen) atoms. The number of aldehydes is 1. The van der Waals surface area contributed by atoms with Crippen molar-refractivity contribution in [3.63, 3.8) is 0 Å². The van der Waals surface area contributed by atoms with Gasteiger partial charge in [-0.25, -0.2) is 0 Å². The molecule has 0 heterocycles. The van der Waals surface area contributed by atoms with Gasteiger partial charge in [-0.1, -0.05) is 19.8 Å². The van der Waals surface area contributed by atoms with Gasteiger partial charge in [-0.15, -0.1) is 0 Å². The van der Waals surface area contributed by atoms with Crippen LogP contribution < -0.4 is 4.74 Å². The normalized spacial score (nSPS) is 10.4. The molecule has 0 aliphatic rings. The maximum Gasteiger partial charge on any atom is 0.305 e. The van der Waals surface area contributed by atoms with E-state index >= 15 is 0 Å². The minimum Gasteiger partial charge on any atom is -0.491 e. The highest BCUT2D eigenvalue weighted by Gasteiger charge is 2.01. The maximum absolute atomic E-state index is 11.3. The second-order valence-electron chi connectivity index (χ2n) is 5.44. The van der Waals surface area contributed by atoms with Crippen LogP contribution in [0.15, 0.2) is 24.3 Å². The van der Waals surface area contributed by atoms with Gasteiger partial charge in [0.1, 0.15) is 25.2 Å². The van der Waals surface area contributed by atoms with Gasteiger partial charge >= 0.3 is 5.97 Å². The molecule has 0 N–H and O–H groups in total. The van der Waals surface area contributed by atoms with Crippen molar-refractivity contribution in [2.75, 3.05) is 39.6 Å². The van der Waals surface area contributed by atoms with Gasteiger partial charge in [0.15, 0.2) is 0 Å². The first-order chi connectivity index (χ1) is 12.3. The summed E-state index contributed by atoms with van der Waals surface area (Å²) < 4.78 is 21.2. The number of hydrogen-bond donors (Lipinski definition) is 0. The maximum atomic E-state index is 11.3. The highest BCUT2D eigenvalue weighted by atomic mass is 16.6. The van der Waals surface area contributed by atoms with Crippen LogP contribution in [0.3, 0.4) is 0 Å². The molecule has 0 fully saturated rings. The zero-order valence-electron chi connectivity index (χ0n) is 14.9. The summed E-state index contributed by atoms with van der Waals surface area (Å²) in [6.07, 6.45) is 4.30. The van der Waals surface area contributed by atoms with Gasteiger partial charge in [-0.3, -0.25) is 9.59 Å². The van der Waals surface area contributed by atoms with Crippen molar-refractivity contribution < 1.29 is 28.5 Å². The van der Waals surface area contributed by atoms with Gasteiger partial charge in [-0.05, 0) is 30.7 Å². The number of unbranched alkanes of at least 4 members (excludes halogenated alkanes) is 2. The first-order valence-electron chi connectivity index (χ1n) is 8.75. The molecule has 1 aromatic rings. The minimum absolute atomic E-state index is 0.161. The number of ether oxygens (including phenoxy) is 4. The van der Waals surface area contributed by atoms with Crippen LogP contribution in [0.4, 0.5) is 0 Å². The lowest BCUT2D eigenvalue weighted by Crippen LogP contribution is -2.14. The number of esters is 1. The zero-order chi connectivity index (χ0) is 18.2. The van der Waals surface area contributed by atoms with E-state index < -0.39 is 0 Å². The molecule has 0 aliphatic carbocycles. The molecule has 0 atom stereocenters. The Hall–Kier alpha value is -1.92. The summed E-state index contributed by atoms with van der Waals surface area (Å²) in [5.41, 5.74) is 0.618. The van der Waals surface area contributed by atoms with Crippen molar-refractivity contribution in [1.82, 2.24) is 0 Å². The average molecular weight is 352 g/mol. The third-order valence-corrected chi connectivity index (χ3v) is 3.36. The van der Waals surface area contributed by atoms with Crippen LogP contribution in [0.25, 0.3) is 0 Å². The standard InChI is InChI=1S/C19H28O6/c1-2-3-4-5-19(21)25-15-13-23-11-10-22-12-14-24-18-8-6-17(16-20)7-9-18/h6-9,16H,2-5,10-15H2,1H3. The molecule has 0 amide bonds. The van der Waals surface area contributed by atoms with E-state index in [-0.39, 0.29) is 12.6 Å². The van der Waals surface area contributed by atoms with Crippen LogP contribution in [-0.4, -0.2) is 51.9 Å². The van der Waals surface area contributed by atoms with E-state index in [1.807, 2.05) is 0 Å². The van der Waals surface area contributed by atoms with Crippen LogP contribution in [0, 0.1) is 0 Å². The van der Waals surface area contributed by atoms with Gasteiger partial charge in [0.25, 0.3) is 0 Å². The second kappa shape index (κ2) is 14.4. The minimum atomic E-state index is -0.161. The molecule has 1 aromatic carbocycles. The molecule has 140 valence electrons. The fourth-order valence-corrected chi connectivity index (χ4v) is 1.99. The van der Waals surface area contributed by atoms with Crippen molar-refractivity contribution in [3.8, 4) is 5.75 Å². The monoisotopic (exact) mass is 352 g/mol. The van der Waals surface area contributed by atoms with Gasteiger partial charge in [0, 0.05) is 12.0 Å². The summed E-state index contributed by atoms with van der Waals surface area (Å²) in [4.78, 5) is 21.9. The Morgan fingerprint density at radius 3 is 2.20 bits per heavy atom. The van der Waals surface area contributed by atoms with E-state index in [9.17, 15) is 9.59 Å². The topological polar surface area (TPSA) is 71.1 Å². The SMILES string of the molecule is CCCCCC(=O)OCCOCCOCCOc1ccc(C=O)cc1. The molecule has 0 spiro atoms. The molecule has 0 aliphatic heterocycles. The lowest BCUT2D eigenvalue weighted by molar-refractivity contribution is -0.145. The molecule has 0 bridgehead atoms. The Balaban J connectivity index is 1.87. The first kappa shape index (κ1) is 21.1. The zero-order valence-corrected chi connectivity index (χ0v) is 14.9. The Morgan fingerprint density at radius 2 is 1.56 bits per heavy atom. The predicted molar refractivity (Wildman–Crippen MR) is 94.1 cm³/mol. The van der Waals surface area contributed by atoms with Crippen LogP contribution >= 0.6 is 0 Å². The second-order valence-corrected chi connectivity index (χ2v) is 5.44. The van der Waals surface area contributed by atoms with Crippen LogP contribution in [0.2, 0.25) is 0 Å². The predicted octanol–water partition coefficient (Wildman–Crippen LogP) is 3.03. The first-order valence-corrected chi connectivity index (χ1v) is 8.75. The molecular formula is C19H28O6. The number of benzene rings is 1. The number of rotatable bonds is 15. The quantitative estimate of drug-likeness (QED) is 0.274. The average Bonchev–Trinajstić information content (AvgIpc) is 2.64. The Labute approximate surface area is 149 Å². The van der Waals surface area contributed by atoms with Crippen molar-refractivity contribution in [1.29, 1.82) is 0 Å². The Kier molecular flexibility index (Phi) is 12.2. The lowest BCUT2D eigenvalue weighted by atomic mass is 10.2. The van der Waals surface area contributed by atoms with Gasteiger partial charge in [-0.2, -0.15) is 0 Å². The number of carbonyl (C=O) groups is 2. The van der Waals surface area contributed by atoms with Gasteiger partial charge in [0.2, 0.25) is 0 Å². The van der Waals surface area contributed by atoms with Gasteiger partial charge in [0.05, 0.1) is 26.4 Å².